The summed E-state index contributed by atoms with van der Waals surface area (Å²) >= 11 is 1.46. The van der Waals surface area contributed by atoms with Gasteiger partial charge in [-0.3, -0.25) is 0 Å². The highest BCUT2D eigenvalue weighted by atomic mass is 32.2. The molecular formula is C15H24N4O3S. The lowest BCUT2D eigenvalue weighted by atomic mass is 10.2. The van der Waals surface area contributed by atoms with Gasteiger partial charge in [0.1, 0.15) is 11.4 Å². The third-order valence-corrected chi connectivity index (χ3v) is 3.81. The van der Waals surface area contributed by atoms with Crippen molar-refractivity contribution in [2.45, 2.75) is 44.0 Å². The first-order valence-corrected chi connectivity index (χ1v) is 8.74. The number of nitrogens with one attached hydrogen (secondary N) is 1. The summed E-state index contributed by atoms with van der Waals surface area (Å²) in [6, 6.07) is 1.90. The predicted molar refractivity (Wildman–Crippen MR) is 90.2 cm³/mol. The van der Waals surface area contributed by atoms with Gasteiger partial charge in [-0.25, -0.2) is 9.78 Å². The van der Waals surface area contributed by atoms with Crippen LogP contribution in [0.3, 0.4) is 0 Å². The number of amides is 1. The first-order valence-electron chi connectivity index (χ1n) is 7.52. The number of aromatic nitrogens is 2. The van der Waals surface area contributed by atoms with Gasteiger partial charge in [-0.2, -0.15) is 4.98 Å². The summed E-state index contributed by atoms with van der Waals surface area (Å²) in [5.74, 6) is 1.23. The number of nitrogens with zero attached hydrogens (tertiary/aromatic N) is 3. The molecule has 0 radical (unpaired) electrons. The van der Waals surface area contributed by atoms with Gasteiger partial charge in [0.25, 0.3) is 0 Å². The Bertz CT molecular complexity index is 540. The predicted octanol–water partition coefficient (Wildman–Crippen LogP) is 2.63. The Kier molecular flexibility index (Phi) is 5.56. The number of methoxy groups -OCH3 is 1. The molecule has 8 heteroatoms. The Labute approximate surface area is 141 Å². The maximum Gasteiger partial charge on any atom is 0.410 e. The van der Waals surface area contributed by atoms with Gasteiger partial charge in [-0.15, -0.1) is 0 Å². The van der Waals surface area contributed by atoms with Crippen molar-refractivity contribution in [3.05, 3.63) is 6.07 Å². The molecule has 0 aliphatic carbocycles. The smallest absolute Gasteiger partial charge is 0.410 e. The molecule has 0 aromatic carbocycles. The van der Waals surface area contributed by atoms with Crippen LogP contribution >= 0.6 is 11.8 Å². The van der Waals surface area contributed by atoms with Crippen molar-refractivity contribution in [1.82, 2.24) is 14.9 Å². The Hall–Kier alpha value is -1.70. The molecule has 2 rings (SSSR count). The third kappa shape index (κ3) is 5.16. The van der Waals surface area contributed by atoms with E-state index in [-0.39, 0.29) is 12.1 Å². The van der Waals surface area contributed by atoms with E-state index in [0.29, 0.717) is 29.9 Å². The van der Waals surface area contributed by atoms with Crippen LogP contribution < -0.4 is 10.1 Å². The molecule has 2 heterocycles. The second kappa shape index (κ2) is 7.25. The van der Waals surface area contributed by atoms with E-state index in [1.54, 1.807) is 18.1 Å². The van der Waals surface area contributed by atoms with Gasteiger partial charge in [-0.1, -0.05) is 11.8 Å². The molecule has 1 fully saturated rings. The van der Waals surface area contributed by atoms with E-state index in [1.165, 1.54) is 11.8 Å². The van der Waals surface area contributed by atoms with Crippen molar-refractivity contribution in [3.8, 4) is 5.88 Å². The van der Waals surface area contributed by atoms with E-state index in [1.807, 2.05) is 27.0 Å². The fourth-order valence-electron chi connectivity index (χ4n) is 2.25. The van der Waals surface area contributed by atoms with Crippen LogP contribution in [0.5, 0.6) is 5.88 Å². The monoisotopic (exact) mass is 340 g/mol. The topological polar surface area (TPSA) is 76.6 Å². The van der Waals surface area contributed by atoms with Crippen molar-refractivity contribution < 1.29 is 14.3 Å². The van der Waals surface area contributed by atoms with Gasteiger partial charge < -0.3 is 19.7 Å². The minimum absolute atomic E-state index is 0.136. The normalized spacial score (nSPS) is 18.0. The van der Waals surface area contributed by atoms with Gasteiger partial charge in [0, 0.05) is 25.2 Å². The summed E-state index contributed by atoms with van der Waals surface area (Å²) in [5.41, 5.74) is -0.476. The first kappa shape index (κ1) is 17.7. The van der Waals surface area contributed by atoms with E-state index < -0.39 is 5.60 Å². The van der Waals surface area contributed by atoms with Crippen LogP contribution in [0.25, 0.3) is 0 Å². The van der Waals surface area contributed by atoms with Crippen molar-refractivity contribution in [2.75, 3.05) is 31.8 Å². The lowest BCUT2D eigenvalue weighted by Gasteiger charge is -2.24. The minimum atomic E-state index is -0.476. The molecule has 1 atom stereocenters. The van der Waals surface area contributed by atoms with E-state index in [4.69, 9.17) is 9.47 Å². The first-order chi connectivity index (χ1) is 10.8. The van der Waals surface area contributed by atoms with E-state index in [2.05, 4.69) is 15.3 Å². The highest BCUT2D eigenvalue weighted by Crippen LogP contribution is 2.22. The van der Waals surface area contributed by atoms with E-state index >= 15 is 0 Å². The number of rotatable bonds is 4. The molecule has 1 aliphatic rings. The Morgan fingerprint density at radius 2 is 2.17 bits per heavy atom. The summed E-state index contributed by atoms with van der Waals surface area (Å²) in [7, 11) is 1.58. The standard InChI is InChI=1S/C15H24N4O3S/c1-15(2,3)22-14(20)19-7-6-10(9-19)16-11-8-12(21-4)18-13(17-11)23-5/h8,10H,6-7,9H2,1-5H3,(H,16,17,18)/t10-/m0/s1. The third-order valence-electron chi connectivity index (χ3n) is 3.27. The summed E-state index contributed by atoms with van der Waals surface area (Å²) in [6.07, 6.45) is 2.49. The second-order valence-electron chi connectivity index (χ2n) is 6.34. The SMILES string of the molecule is COc1cc(N[C@H]2CCN(C(=O)OC(C)(C)C)C2)nc(SC)n1. The molecule has 0 spiro atoms. The summed E-state index contributed by atoms with van der Waals surface area (Å²) in [4.78, 5) is 22.5. The molecule has 0 unspecified atom stereocenters. The van der Waals surface area contributed by atoms with Crippen LogP contribution in [-0.4, -0.2) is 59.1 Å². The van der Waals surface area contributed by atoms with Crippen molar-refractivity contribution in [3.63, 3.8) is 0 Å². The number of carbonyl (C=O) groups is 1. The molecule has 1 amide bonds. The molecule has 1 N–H and O–H groups in total. The number of ether oxygens (including phenoxy) is 2. The average molecular weight is 340 g/mol. The van der Waals surface area contributed by atoms with Crippen molar-refractivity contribution in [2.24, 2.45) is 0 Å². The lowest BCUT2D eigenvalue weighted by molar-refractivity contribution is 0.0293. The largest absolute Gasteiger partial charge is 0.481 e. The molecule has 0 bridgehead atoms. The Morgan fingerprint density at radius 3 is 2.78 bits per heavy atom. The number of likely N-dealkylation sites (tertiary alicyclic amines) is 1. The highest BCUT2D eigenvalue weighted by molar-refractivity contribution is 7.98. The zero-order valence-corrected chi connectivity index (χ0v) is 15.1. The second-order valence-corrected chi connectivity index (χ2v) is 7.11. The maximum absolute atomic E-state index is 12.1. The van der Waals surface area contributed by atoms with Gasteiger partial charge >= 0.3 is 6.09 Å². The molecule has 1 aliphatic heterocycles. The van der Waals surface area contributed by atoms with Gasteiger partial charge in [0.2, 0.25) is 5.88 Å². The Morgan fingerprint density at radius 1 is 1.43 bits per heavy atom. The van der Waals surface area contributed by atoms with Crippen molar-refractivity contribution >= 4 is 23.7 Å². The van der Waals surface area contributed by atoms with Crippen LogP contribution in [-0.2, 0) is 4.74 Å². The zero-order chi connectivity index (χ0) is 17.0. The highest BCUT2D eigenvalue weighted by Gasteiger charge is 2.30. The molecular weight excluding hydrogens is 316 g/mol. The van der Waals surface area contributed by atoms with Crippen LogP contribution in [0.15, 0.2) is 11.2 Å². The molecule has 0 saturated carbocycles. The fraction of sp³-hybridized carbons (Fsp3) is 0.667. The van der Waals surface area contributed by atoms with E-state index in [0.717, 1.165) is 6.42 Å². The molecule has 1 aromatic rings. The summed E-state index contributed by atoms with van der Waals surface area (Å²) in [6.45, 7) is 6.87. The molecule has 23 heavy (non-hydrogen) atoms. The van der Waals surface area contributed by atoms with Crippen molar-refractivity contribution in [1.29, 1.82) is 0 Å². The molecule has 1 saturated heterocycles. The van der Waals surface area contributed by atoms with Crippen LogP contribution in [0.4, 0.5) is 10.6 Å². The number of anilines is 1. The number of thioether (sulfide) groups is 1. The molecule has 1 aromatic heterocycles. The summed E-state index contributed by atoms with van der Waals surface area (Å²) < 4.78 is 10.6. The molecule has 7 nitrogen and oxygen atoms in total. The summed E-state index contributed by atoms with van der Waals surface area (Å²) in [5, 5.41) is 3.99. The number of hydrogen-bond acceptors (Lipinski definition) is 7. The van der Waals surface area contributed by atoms with Crippen LogP contribution in [0.1, 0.15) is 27.2 Å². The van der Waals surface area contributed by atoms with Gasteiger partial charge in [0.05, 0.1) is 7.11 Å². The number of hydrogen-bond donors (Lipinski definition) is 1. The average Bonchev–Trinajstić information content (AvgIpc) is 2.93. The zero-order valence-electron chi connectivity index (χ0n) is 14.3. The van der Waals surface area contributed by atoms with E-state index in [9.17, 15) is 4.79 Å². The van der Waals surface area contributed by atoms with Gasteiger partial charge in [0.15, 0.2) is 5.16 Å². The maximum atomic E-state index is 12.1. The fourth-order valence-corrected chi connectivity index (χ4v) is 2.62. The quantitative estimate of drug-likeness (QED) is 0.667. The van der Waals surface area contributed by atoms with Crippen LogP contribution in [0, 0.1) is 0 Å². The Balaban J connectivity index is 1.96. The molecule has 128 valence electrons. The van der Waals surface area contributed by atoms with Gasteiger partial charge in [-0.05, 0) is 33.4 Å². The lowest BCUT2D eigenvalue weighted by Crippen LogP contribution is -2.36. The van der Waals surface area contributed by atoms with Crippen LogP contribution in [0.2, 0.25) is 0 Å². The minimum Gasteiger partial charge on any atom is -0.481 e. The number of carbonyl (C=O) groups excluding carboxylic acids is 1.